The van der Waals surface area contributed by atoms with E-state index in [4.69, 9.17) is 4.98 Å². The molecular formula is C13H15N. The van der Waals surface area contributed by atoms with Gasteiger partial charge in [0.25, 0.3) is 0 Å². The summed E-state index contributed by atoms with van der Waals surface area (Å²) in [6.45, 7) is 0. The first-order valence-corrected chi connectivity index (χ1v) is 5.62. The van der Waals surface area contributed by atoms with E-state index in [1.54, 1.807) is 0 Å². The number of allylic oxidation sites excluding steroid dienone is 1. The fourth-order valence-electron chi connectivity index (χ4n) is 2.47. The molecule has 14 heavy (non-hydrogen) atoms. The first-order valence-electron chi connectivity index (χ1n) is 5.62. The van der Waals surface area contributed by atoms with Gasteiger partial charge in [0.2, 0.25) is 0 Å². The van der Waals surface area contributed by atoms with Crippen molar-refractivity contribution in [2.75, 3.05) is 0 Å². The van der Waals surface area contributed by atoms with Gasteiger partial charge in [-0.25, -0.2) is 0 Å². The van der Waals surface area contributed by atoms with Crippen molar-refractivity contribution in [3.05, 3.63) is 34.7 Å². The van der Waals surface area contributed by atoms with Crippen LogP contribution >= 0.6 is 0 Å². The third-order valence-electron chi connectivity index (χ3n) is 3.26. The van der Waals surface area contributed by atoms with Gasteiger partial charge >= 0.3 is 0 Å². The summed E-state index contributed by atoms with van der Waals surface area (Å²) < 4.78 is 0. The van der Waals surface area contributed by atoms with Crippen molar-refractivity contribution >= 4 is 6.08 Å². The number of hydrogen-bond acceptors (Lipinski definition) is 1. The van der Waals surface area contributed by atoms with Crippen LogP contribution in [0.4, 0.5) is 0 Å². The van der Waals surface area contributed by atoms with Gasteiger partial charge in [-0.15, -0.1) is 0 Å². The monoisotopic (exact) mass is 185 g/mol. The summed E-state index contributed by atoms with van der Waals surface area (Å²) in [4.78, 5) is 4.80. The topological polar surface area (TPSA) is 12.9 Å². The Balaban J connectivity index is 2.12. The van der Waals surface area contributed by atoms with Crippen molar-refractivity contribution in [1.29, 1.82) is 0 Å². The largest absolute Gasteiger partial charge is 0.257 e. The summed E-state index contributed by atoms with van der Waals surface area (Å²) in [7, 11) is 0. The van der Waals surface area contributed by atoms with E-state index < -0.39 is 0 Å². The normalized spacial score (nSPS) is 18.9. The van der Waals surface area contributed by atoms with Crippen molar-refractivity contribution in [3.8, 4) is 0 Å². The van der Waals surface area contributed by atoms with E-state index in [9.17, 15) is 0 Å². The Labute approximate surface area is 84.9 Å². The molecule has 0 saturated carbocycles. The van der Waals surface area contributed by atoms with Gasteiger partial charge in [0.15, 0.2) is 0 Å². The van der Waals surface area contributed by atoms with Gasteiger partial charge in [-0.05, 0) is 55.7 Å². The Morgan fingerprint density at radius 2 is 1.93 bits per heavy atom. The highest BCUT2D eigenvalue weighted by atomic mass is 14.7. The van der Waals surface area contributed by atoms with Gasteiger partial charge in [-0.3, -0.25) is 4.98 Å². The zero-order chi connectivity index (χ0) is 9.38. The first kappa shape index (κ1) is 8.22. The Morgan fingerprint density at radius 3 is 2.93 bits per heavy atom. The molecule has 2 aliphatic rings. The Kier molecular flexibility index (Phi) is 1.90. The molecule has 2 aliphatic carbocycles. The number of fused-ring (bicyclic) bond motifs is 2. The molecule has 0 aromatic carbocycles. The maximum atomic E-state index is 4.80. The summed E-state index contributed by atoms with van der Waals surface area (Å²) in [6, 6.07) is 2.37. The van der Waals surface area contributed by atoms with E-state index in [2.05, 4.69) is 18.2 Å². The number of aryl methyl sites for hydroxylation is 3. The smallest absolute Gasteiger partial charge is 0.0482 e. The van der Waals surface area contributed by atoms with Gasteiger partial charge in [0, 0.05) is 11.4 Å². The minimum Gasteiger partial charge on any atom is -0.257 e. The second-order valence-corrected chi connectivity index (χ2v) is 4.28. The average molecular weight is 185 g/mol. The second-order valence-electron chi connectivity index (χ2n) is 4.28. The molecule has 0 aliphatic heterocycles. The summed E-state index contributed by atoms with van der Waals surface area (Å²) in [5, 5.41) is 0. The van der Waals surface area contributed by atoms with Gasteiger partial charge in [-0.1, -0.05) is 12.2 Å². The first-order chi connectivity index (χ1) is 6.93. The lowest BCUT2D eigenvalue weighted by Crippen LogP contribution is -2.09. The summed E-state index contributed by atoms with van der Waals surface area (Å²) in [5.74, 6) is 0. The van der Waals surface area contributed by atoms with Crippen LogP contribution in [0, 0.1) is 0 Å². The van der Waals surface area contributed by atoms with Crippen LogP contribution in [-0.2, 0) is 19.3 Å². The fourth-order valence-corrected chi connectivity index (χ4v) is 2.47. The van der Waals surface area contributed by atoms with E-state index in [1.807, 2.05) is 0 Å². The highest BCUT2D eigenvalue weighted by Gasteiger charge is 2.14. The molecule has 1 heteroatoms. The van der Waals surface area contributed by atoms with Crippen molar-refractivity contribution in [3.63, 3.8) is 0 Å². The van der Waals surface area contributed by atoms with Crippen LogP contribution in [0.15, 0.2) is 12.1 Å². The molecule has 1 nitrogen and oxygen atoms in total. The molecule has 1 aromatic heterocycles. The Bertz CT molecular complexity index is 390. The molecule has 1 aromatic rings. The zero-order valence-corrected chi connectivity index (χ0v) is 8.42. The second kappa shape index (κ2) is 3.23. The molecule has 0 radical (unpaired) electrons. The molecule has 1 heterocycles. The fraction of sp³-hybridized carbons (Fsp3) is 0.462. The molecular weight excluding hydrogens is 170 g/mol. The van der Waals surface area contributed by atoms with Crippen LogP contribution in [0.25, 0.3) is 6.08 Å². The molecule has 0 fully saturated rings. The minimum atomic E-state index is 1.14. The number of aromatic nitrogens is 1. The minimum absolute atomic E-state index is 1.14. The molecule has 0 N–H and O–H groups in total. The lowest BCUT2D eigenvalue weighted by atomic mass is 9.92. The zero-order valence-electron chi connectivity index (χ0n) is 8.42. The van der Waals surface area contributed by atoms with Gasteiger partial charge < -0.3 is 0 Å². The van der Waals surface area contributed by atoms with Crippen LogP contribution in [0.3, 0.4) is 0 Å². The highest BCUT2D eigenvalue weighted by molar-refractivity contribution is 5.56. The summed E-state index contributed by atoms with van der Waals surface area (Å²) >= 11 is 0. The number of nitrogens with zero attached hydrogens (tertiary/aromatic N) is 1. The van der Waals surface area contributed by atoms with Crippen LogP contribution in [-0.4, -0.2) is 4.98 Å². The number of hydrogen-bond donors (Lipinski definition) is 0. The standard InChI is InChI=1S/C13H15N/c1-3-7-12-10(5-1)9-11-6-2-4-8-13(11)14-12/h1,5,9H,2-4,6-8H2. The Hall–Kier alpha value is -1.11. The molecule has 0 atom stereocenters. The third-order valence-corrected chi connectivity index (χ3v) is 3.26. The number of rotatable bonds is 0. The van der Waals surface area contributed by atoms with E-state index in [0.29, 0.717) is 0 Å². The van der Waals surface area contributed by atoms with Gasteiger partial charge in [0.05, 0.1) is 0 Å². The average Bonchev–Trinajstić information content (AvgIpc) is 2.26. The molecule has 0 bridgehead atoms. The summed E-state index contributed by atoms with van der Waals surface area (Å²) in [5.41, 5.74) is 5.58. The molecule has 0 saturated heterocycles. The maximum Gasteiger partial charge on any atom is 0.0482 e. The molecule has 72 valence electrons. The molecule has 3 rings (SSSR count). The summed E-state index contributed by atoms with van der Waals surface area (Å²) in [6.07, 6.45) is 11.9. The highest BCUT2D eigenvalue weighted by Crippen LogP contribution is 2.25. The van der Waals surface area contributed by atoms with Gasteiger partial charge in [-0.2, -0.15) is 0 Å². The maximum absolute atomic E-state index is 4.80. The van der Waals surface area contributed by atoms with Crippen molar-refractivity contribution in [1.82, 2.24) is 4.98 Å². The molecule has 0 unspecified atom stereocenters. The lowest BCUT2D eigenvalue weighted by molar-refractivity contribution is 0.661. The van der Waals surface area contributed by atoms with Crippen LogP contribution in [0.2, 0.25) is 0 Å². The predicted molar refractivity (Wildman–Crippen MR) is 58.2 cm³/mol. The predicted octanol–water partition coefficient (Wildman–Crippen LogP) is 2.92. The van der Waals surface area contributed by atoms with E-state index in [-0.39, 0.29) is 0 Å². The molecule has 0 spiro atoms. The third kappa shape index (κ3) is 1.28. The van der Waals surface area contributed by atoms with Crippen LogP contribution in [0.5, 0.6) is 0 Å². The lowest BCUT2D eigenvalue weighted by Gasteiger charge is -2.18. The van der Waals surface area contributed by atoms with Crippen molar-refractivity contribution in [2.24, 2.45) is 0 Å². The van der Waals surface area contributed by atoms with Crippen molar-refractivity contribution in [2.45, 2.75) is 38.5 Å². The van der Waals surface area contributed by atoms with Crippen LogP contribution < -0.4 is 0 Å². The van der Waals surface area contributed by atoms with Gasteiger partial charge in [0.1, 0.15) is 0 Å². The number of pyridine rings is 1. The van der Waals surface area contributed by atoms with E-state index >= 15 is 0 Å². The van der Waals surface area contributed by atoms with Crippen LogP contribution in [0.1, 0.15) is 41.8 Å². The van der Waals surface area contributed by atoms with E-state index in [0.717, 1.165) is 6.42 Å². The molecule has 0 amide bonds. The Morgan fingerprint density at radius 1 is 1.00 bits per heavy atom. The SMILES string of the molecule is C1=Cc2cc3c(nc2CC1)CCCC3. The van der Waals surface area contributed by atoms with Crippen molar-refractivity contribution < 1.29 is 0 Å². The quantitative estimate of drug-likeness (QED) is 0.605. The van der Waals surface area contributed by atoms with E-state index in [1.165, 1.54) is 54.6 Å².